The Labute approximate surface area is 176 Å². The van der Waals surface area contributed by atoms with Crippen molar-refractivity contribution in [2.45, 2.75) is 18.9 Å². The molecule has 4 rings (SSSR count). The minimum absolute atomic E-state index is 0.0829. The van der Waals surface area contributed by atoms with Crippen LogP contribution in [0.4, 0.5) is 0 Å². The van der Waals surface area contributed by atoms with Crippen molar-refractivity contribution < 1.29 is 9.53 Å². The topological polar surface area (TPSA) is 97.0 Å². The molecule has 0 saturated heterocycles. The number of nitrogens with one attached hydrogen (secondary N) is 1. The highest BCUT2D eigenvalue weighted by atomic mass is 32.1. The molecule has 3 aromatic rings. The fourth-order valence-corrected chi connectivity index (χ4v) is 3.98. The van der Waals surface area contributed by atoms with E-state index in [1.165, 1.54) is 4.57 Å². The number of methoxy groups -OCH3 is 1. The molecule has 1 aliphatic rings. The van der Waals surface area contributed by atoms with Gasteiger partial charge in [0.2, 0.25) is 0 Å². The number of ether oxygens (including phenoxy) is 1. The van der Waals surface area contributed by atoms with Crippen LogP contribution in [0.3, 0.4) is 0 Å². The molecule has 0 spiro atoms. The zero-order valence-electron chi connectivity index (χ0n) is 16.2. The third-order valence-electron chi connectivity index (χ3n) is 4.59. The zero-order valence-corrected chi connectivity index (χ0v) is 17.0. The predicted octanol–water partition coefficient (Wildman–Crippen LogP) is 1.08. The number of nitriles is 1. The van der Waals surface area contributed by atoms with Gasteiger partial charge in [-0.2, -0.15) is 5.26 Å². The van der Waals surface area contributed by atoms with Crippen LogP contribution >= 0.6 is 11.3 Å². The molecule has 1 aliphatic carbocycles. The molecule has 1 saturated carbocycles. The minimum Gasteiger partial charge on any atom is -0.497 e. The molecule has 2 aromatic heterocycles. The lowest BCUT2D eigenvalue weighted by Gasteiger charge is -2.06. The maximum Gasteiger partial charge on any atom is 0.273 e. The maximum atomic E-state index is 13.3. The summed E-state index contributed by atoms with van der Waals surface area (Å²) < 4.78 is 7.25. The Bertz CT molecular complexity index is 1300. The Morgan fingerprint density at radius 2 is 2.07 bits per heavy atom. The van der Waals surface area contributed by atoms with Gasteiger partial charge in [-0.15, -0.1) is 11.3 Å². The van der Waals surface area contributed by atoms with Crippen molar-refractivity contribution in [2.75, 3.05) is 7.11 Å². The van der Waals surface area contributed by atoms with Crippen molar-refractivity contribution in [3.8, 4) is 17.5 Å². The Hall–Kier alpha value is -3.70. The van der Waals surface area contributed by atoms with Crippen LogP contribution in [0.2, 0.25) is 0 Å². The molecule has 7 nitrogen and oxygen atoms in total. The molecule has 0 atom stereocenters. The highest BCUT2D eigenvalue weighted by molar-refractivity contribution is 7.07. The summed E-state index contributed by atoms with van der Waals surface area (Å²) >= 11 is 1.10. The summed E-state index contributed by atoms with van der Waals surface area (Å²) in [5.74, 6) is 0.174. The first-order valence-electron chi connectivity index (χ1n) is 9.35. The van der Waals surface area contributed by atoms with E-state index in [1.807, 2.05) is 12.1 Å². The number of carbonyl (C=O) groups excluding carboxylic acids is 1. The van der Waals surface area contributed by atoms with Crippen LogP contribution in [0, 0.1) is 11.3 Å². The number of hydrogen-bond donors (Lipinski definition) is 1. The lowest BCUT2D eigenvalue weighted by molar-refractivity contribution is -0.115. The first kappa shape index (κ1) is 19.6. The number of pyridine rings is 1. The monoisotopic (exact) mass is 418 g/mol. The van der Waals surface area contributed by atoms with Gasteiger partial charge in [-0.1, -0.05) is 6.07 Å². The molecule has 2 heterocycles. The van der Waals surface area contributed by atoms with E-state index in [1.54, 1.807) is 55.8 Å². The number of carbonyl (C=O) groups is 1. The summed E-state index contributed by atoms with van der Waals surface area (Å²) in [5.41, 5.74) is 0.753. The minimum atomic E-state index is -0.465. The summed E-state index contributed by atoms with van der Waals surface area (Å²) in [4.78, 5) is 30.2. The lowest BCUT2D eigenvalue weighted by Crippen LogP contribution is -2.34. The largest absolute Gasteiger partial charge is 0.497 e. The van der Waals surface area contributed by atoms with Crippen LogP contribution in [-0.2, 0) is 4.79 Å². The van der Waals surface area contributed by atoms with Crippen LogP contribution in [-0.4, -0.2) is 28.6 Å². The Morgan fingerprint density at radius 1 is 1.30 bits per heavy atom. The lowest BCUT2D eigenvalue weighted by atomic mass is 10.2. The highest BCUT2D eigenvalue weighted by Gasteiger charge is 2.26. The summed E-state index contributed by atoms with van der Waals surface area (Å²) in [6, 6.07) is 14.4. The van der Waals surface area contributed by atoms with E-state index >= 15 is 0 Å². The molecular formula is C22H18N4O3S. The fraction of sp³-hybridized carbons (Fsp3) is 0.182. The predicted molar refractivity (Wildman–Crippen MR) is 114 cm³/mol. The van der Waals surface area contributed by atoms with E-state index in [9.17, 15) is 14.9 Å². The molecule has 1 N–H and O–H groups in total. The van der Waals surface area contributed by atoms with Gasteiger partial charge in [-0.3, -0.25) is 19.1 Å². The molecule has 0 bridgehead atoms. The van der Waals surface area contributed by atoms with Gasteiger partial charge in [0.15, 0.2) is 5.57 Å². The molecule has 8 heteroatoms. The third-order valence-corrected chi connectivity index (χ3v) is 5.68. The quantitative estimate of drug-likeness (QED) is 0.669. The normalized spacial score (nSPS) is 14.7. The molecule has 1 aromatic carbocycles. The average molecular weight is 418 g/mol. The van der Waals surface area contributed by atoms with Gasteiger partial charge in [0.05, 0.1) is 23.0 Å². The maximum absolute atomic E-state index is 13.3. The van der Waals surface area contributed by atoms with Crippen molar-refractivity contribution in [3.63, 3.8) is 0 Å². The molecule has 30 heavy (non-hydrogen) atoms. The van der Waals surface area contributed by atoms with E-state index in [-0.39, 0.29) is 21.8 Å². The van der Waals surface area contributed by atoms with Crippen molar-refractivity contribution in [1.82, 2.24) is 14.9 Å². The van der Waals surface area contributed by atoms with Gasteiger partial charge in [-0.25, -0.2) is 0 Å². The van der Waals surface area contributed by atoms with Crippen LogP contribution in [0.1, 0.15) is 18.5 Å². The molecule has 0 aliphatic heterocycles. The molecule has 1 fully saturated rings. The Balaban J connectivity index is 1.97. The number of benzene rings is 1. The average Bonchev–Trinajstić information content (AvgIpc) is 3.53. The van der Waals surface area contributed by atoms with Gasteiger partial charge in [0.25, 0.3) is 11.5 Å². The number of hydrogen-bond acceptors (Lipinski definition) is 6. The molecule has 0 unspecified atom stereocenters. The molecule has 150 valence electrons. The van der Waals surface area contributed by atoms with Crippen molar-refractivity contribution >= 4 is 28.9 Å². The van der Waals surface area contributed by atoms with Crippen molar-refractivity contribution in [2.24, 2.45) is 0 Å². The molecule has 1 amide bonds. The summed E-state index contributed by atoms with van der Waals surface area (Å²) in [6.45, 7) is 0. The van der Waals surface area contributed by atoms with E-state index < -0.39 is 5.91 Å². The van der Waals surface area contributed by atoms with Gasteiger partial charge in [0, 0.05) is 12.2 Å². The van der Waals surface area contributed by atoms with Crippen LogP contribution in [0.15, 0.2) is 53.5 Å². The summed E-state index contributed by atoms with van der Waals surface area (Å²) in [7, 11) is 1.56. The summed E-state index contributed by atoms with van der Waals surface area (Å²) in [5, 5.41) is 12.6. The van der Waals surface area contributed by atoms with Crippen molar-refractivity contribution in [1.29, 1.82) is 5.26 Å². The van der Waals surface area contributed by atoms with Crippen LogP contribution in [0.25, 0.3) is 17.3 Å². The van der Waals surface area contributed by atoms with Gasteiger partial charge in [0.1, 0.15) is 16.5 Å². The van der Waals surface area contributed by atoms with E-state index in [0.29, 0.717) is 21.7 Å². The second-order valence-corrected chi connectivity index (χ2v) is 7.77. The van der Waals surface area contributed by atoms with Crippen LogP contribution < -0.4 is 24.8 Å². The number of thiazole rings is 1. The first-order chi connectivity index (χ1) is 14.6. The highest BCUT2D eigenvalue weighted by Crippen LogP contribution is 2.19. The van der Waals surface area contributed by atoms with E-state index in [0.717, 1.165) is 24.2 Å². The number of nitrogens with zero attached hydrogens (tertiary/aromatic N) is 3. The number of amides is 1. The van der Waals surface area contributed by atoms with E-state index in [2.05, 4.69) is 10.3 Å². The fourth-order valence-electron chi connectivity index (χ4n) is 2.89. The first-order valence-corrected chi connectivity index (χ1v) is 10.2. The molecule has 0 radical (unpaired) electrons. The van der Waals surface area contributed by atoms with Crippen LogP contribution in [0.5, 0.6) is 5.75 Å². The Kier molecular flexibility index (Phi) is 5.46. The van der Waals surface area contributed by atoms with Crippen molar-refractivity contribution in [3.05, 3.63) is 73.9 Å². The Morgan fingerprint density at radius 3 is 2.67 bits per heavy atom. The molecular weight excluding hydrogens is 400 g/mol. The third kappa shape index (κ3) is 4.02. The number of aromatic nitrogens is 2. The second-order valence-electron chi connectivity index (χ2n) is 6.74. The standard InChI is InChI=1S/C22H18N4O3S/c1-29-17-9-7-16(8-10-17)26-21(28)19(12-15-4-2-3-11-24-15)30-22(26)18(13-23)20(27)25-14-5-6-14/h2-4,7-12,14H,5-6H2,1H3,(H,25,27). The summed E-state index contributed by atoms with van der Waals surface area (Å²) in [6.07, 6.45) is 5.10. The smallest absolute Gasteiger partial charge is 0.273 e. The van der Waals surface area contributed by atoms with Gasteiger partial charge in [-0.05, 0) is 55.3 Å². The SMILES string of the molecule is COc1ccc(-n2c(=C(C#N)C(=O)NC3CC3)sc(=Cc3ccccn3)c2=O)cc1. The second kappa shape index (κ2) is 8.35. The van der Waals surface area contributed by atoms with E-state index in [4.69, 9.17) is 4.74 Å². The van der Waals surface area contributed by atoms with Gasteiger partial charge >= 0.3 is 0 Å². The van der Waals surface area contributed by atoms with Gasteiger partial charge < -0.3 is 10.1 Å². The number of rotatable bonds is 5. The zero-order chi connectivity index (χ0) is 21.1.